The lowest BCUT2D eigenvalue weighted by Gasteiger charge is -2.02. The third-order valence-electron chi connectivity index (χ3n) is 1.13. The van der Waals surface area contributed by atoms with Crippen molar-refractivity contribution in [2.75, 3.05) is 6.54 Å². The molecule has 78 valence electrons. The van der Waals surface area contributed by atoms with Crippen molar-refractivity contribution in [3.05, 3.63) is 17.5 Å². The van der Waals surface area contributed by atoms with Gasteiger partial charge in [-0.15, -0.1) is 11.3 Å². The fourth-order valence-corrected chi connectivity index (χ4v) is 1.23. The molecular weight excluding hydrogens is 204 g/mol. The van der Waals surface area contributed by atoms with Gasteiger partial charge in [-0.2, -0.15) is 0 Å². The monoisotopic (exact) mass is 216 g/mol. The second kappa shape index (κ2) is 5.95. The number of carbonyl (C=O) groups excluding carboxylic acids is 1. The number of guanidine groups is 1. The molecule has 0 atom stereocenters. The highest BCUT2D eigenvalue weighted by Crippen LogP contribution is 2.17. The summed E-state index contributed by atoms with van der Waals surface area (Å²) in [5.74, 6) is -0.708. The van der Waals surface area contributed by atoms with E-state index in [9.17, 15) is 4.79 Å². The highest BCUT2D eigenvalue weighted by Gasteiger charge is 2.04. The van der Waals surface area contributed by atoms with E-state index in [0.717, 1.165) is 0 Å². The van der Waals surface area contributed by atoms with E-state index >= 15 is 0 Å². The van der Waals surface area contributed by atoms with Crippen LogP contribution in [0.3, 0.4) is 0 Å². The number of ether oxygens (including phenoxy) is 1. The molecule has 0 bridgehead atoms. The van der Waals surface area contributed by atoms with Crippen molar-refractivity contribution in [2.45, 2.75) is 0 Å². The van der Waals surface area contributed by atoms with Crippen molar-refractivity contribution in [3.8, 4) is 5.06 Å². The van der Waals surface area contributed by atoms with E-state index in [4.69, 9.17) is 15.9 Å². The Kier molecular flexibility index (Phi) is 5.27. The first-order chi connectivity index (χ1) is 6.18. The van der Waals surface area contributed by atoms with Gasteiger partial charge in [0.25, 0.3) is 0 Å². The molecule has 1 aromatic heterocycles. The molecule has 1 heterocycles. The minimum atomic E-state index is -0.461. The van der Waals surface area contributed by atoms with Gasteiger partial charge in [0, 0.05) is 0 Å². The summed E-state index contributed by atoms with van der Waals surface area (Å²) < 4.78 is 4.87. The minimum absolute atomic E-state index is 0. The number of hydrogen-bond donors (Lipinski definition) is 4. The predicted octanol–water partition coefficient (Wildman–Crippen LogP) is 0.299. The van der Waals surface area contributed by atoms with Crippen molar-refractivity contribution >= 4 is 23.3 Å². The summed E-state index contributed by atoms with van der Waals surface area (Å²) in [4.78, 5) is 11.0. The fraction of sp³-hybridized carbons (Fsp3) is 0.143. The lowest BCUT2D eigenvalue weighted by molar-refractivity contribution is -0.132. The number of thiophene rings is 1. The van der Waals surface area contributed by atoms with Crippen molar-refractivity contribution in [2.24, 2.45) is 5.73 Å². The molecule has 0 fully saturated rings. The molecule has 0 saturated carbocycles. The van der Waals surface area contributed by atoms with E-state index in [-0.39, 0.29) is 18.7 Å². The number of hydrogen-bond acceptors (Lipinski definition) is 5. The van der Waals surface area contributed by atoms with Gasteiger partial charge >= 0.3 is 5.97 Å². The first-order valence-corrected chi connectivity index (χ1v) is 4.38. The summed E-state index contributed by atoms with van der Waals surface area (Å²) in [6.45, 7) is -0.0900. The molecule has 7 N–H and O–H groups in total. The van der Waals surface area contributed by atoms with Crippen LogP contribution in [0.15, 0.2) is 17.5 Å². The Morgan fingerprint density at radius 3 is 2.93 bits per heavy atom. The molecule has 0 aliphatic carbocycles. The number of esters is 1. The summed E-state index contributed by atoms with van der Waals surface area (Å²) in [5, 5.41) is 11.5. The Morgan fingerprint density at radius 2 is 2.43 bits per heavy atom. The Hall–Kier alpha value is -1.60. The third-order valence-corrected chi connectivity index (χ3v) is 1.88. The summed E-state index contributed by atoms with van der Waals surface area (Å²) >= 11 is 1.33. The number of carbonyl (C=O) groups is 1. The summed E-state index contributed by atoms with van der Waals surface area (Å²) in [5.41, 5.74) is 4.98. The summed E-state index contributed by atoms with van der Waals surface area (Å²) in [6.07, 6.45) is 0. The van der Waals surface area contributed by atoms with Gasteiger partial charge < -0.3 is 21.9 Å². The lowest BCUT2D eigenvalue weighted by Crippen LogP contribution is -2.36. The van der Waals surface area contributed by atoms with Crippen molar-refractivity contribution in [1.82, 2.24) is 11.5 Å². The second-order valence-electron chi connectivity index (χ2n) is 2.17. The van der Waals surface area contributed by atoms with E-state index in [1.165, 1.54) is 11.3 Å². The first kappa shape index (κ1) is 12.4. The van der Waals surface area contributed by atoms with Crippen LogP contribution in [0.5, 0.6) is 5.06 Å². The zero-order valence-electron chi connectivity index (χ0n) is 7.45. The van der Waals surface area contributed by atoms with Crippen LogP contribution in [-0.4, -0.2) is 18.5 Å². The predicted molar refractivity (Wildman–Crippen MR) is 54.9 cm³/mol. The van der Waals surface area contributed by atoms with Crippen molar-refractivity contribution in [1.29, 1.82) is 5.41 Å². The zero-order valence-corrected chi connectivity index (χ0v) is 8.26. The van der Waals surface area contributed by atoms with Gasteiger partial charge in [-0.3, -0.25) is 5.41 Å². The van der Waals surface area contributed by atoms with Crippen LogP contribution in [-0.2, 0) is 4.79 Å². The number of rotatable bonds is 3. The molecule has 14 heavy (non-hydrogen) atoms. The van der Waals surface area contributed by atoms with Crippen molar-refractivity contribution in [3.63, 3.8) is 0 Å². The van der Waals surface area contributed by atoms with Gasteiger partial charge in [-0.1, -0.05) is 0 Å². The van der Waals surface area contributed by atoms with E-state index in [1.807, 2.05) is 0 Å². The van der Waals surface area contributed by atoms with Crippen LogP contribution in [0.25, 0.3) is 0 Å². The first-order valence-electron chi connectivity index (χ1n) is 3.50. The highest BCUT2D eigenvalue weighted by molar-refractivity contribution is 7.11. The Bertz CT molecular complexity index is 299. The lowest BCUT2D eigenvalue weighted by atomic mass is 10.6. The molecule has 7 heteroatoms. The average molecular weight is 216 g/mol. The van der Waals surface area contributed by atoms with E-state index < -0.39 is 5.97 Å². The van der Waals surface area contributed by atoms with Crippen LogP contribution in [0.2, 0.25) is 0 Å². The number of nitrogens with two attached hydrogens (primary N) is 1. The molecule has 1 rings (SSSR count). The van der Waals surface area contributed by atoms with Crippen LogP contribution >= 0.6 is 11.3 Å². The summed E-state index contributed by atoms with van der Waals surface area (Å²) in [6, 6.07) is 3.47. The Morgan fingerprint density at radius 1 is 1.71 bits per heavy atom. The Labute approximate surface area is 85.2 Å². The van der Waals surface area contributed by atoms with Gasteiger partial charge in [-0.05, 0) is 17.5 Å². The van der Waals surface area contributed by atoms with Crippen molar-refractivity contribution < 1.29 is 9.53 Å². The molecule has 0 aliphatic rings. The maximum absolute atomic E-state index is 11.0. The average Bonchev–Trinajstić information content (AvgIpc) is 2.53. The second-order valence-corrected chi connectivity index (χ2v) is 3.08. The zero-order chi connectivity index (χ0) is 9.68. The van der Waals surface area contributed by atoms with Gasteiger partial charge in [0.15, 0.2) is 11.0 Å². The molecule has 6 nitrogen and oxygen atoms in total. The molecule has 0 unspecified atom stereocenters. The topological polar surface area (TPSA) is 123 Å². The molecule has 0 amide bonds. The van der Waals surface area contributed by atoms with Crippen LogP contribution in [0.4, 0.5) is 0 Å². The molecule has 1 aromatic rings. The molecule has 0 radical (unpaired) electrons. The highest BCUT2D eigenvalue weighted by atomic mass is 32.1. The van der Waals surface area contributed by atoms with Crippen LogP contribution in [0, 0.1) is 5.41 Å². The van der Waals surface area contributed by atoms with E-state index in [1.54, 1.807) is 17.5 Å². The third kappa shape index (κ3) is 4.43. The molecular formula is C7H12N4O2S. The molecule has 0 spiro atoms. The maximum atomic E-state index is 11.0. The van der Waals surface area contributed by atoms with Crippen LogP contribution < -0.4 is 21.9 Å². The van der Waals surface area contributed by atoms with Crippen LogP contribution in [0.1, 0.15) is 0 Å². The quantitative estimate of drug-likeness (QED) is 0.328. The normalized spacial score (nSPS) is 8.57. The standard InChI is InChI=1S/C7H9N3O2S.H3N/c8-7(9)10-4-5(11)12-6-2-1-3-13-6;/h1-3H,4H2,(H4,8,9,10);1H3. The summed E-state index contributed by atoms with van der Waals surface area (Å²) in [7, 11) is 0. The maximum Gasteiger partial charge on any atom is 0.331 e. The van der Waals surface area contributed by atoms with Gasteiger partial charge in [0.05, 0.1) is 0 Å². The molecule has 0 aliphatic heterocycles. The van der Waals surface area contributed by atoms with Gasteiger partial charge in [-0.25, -0.2) is 4.79 Å². The smallest absolute Gasteiger partial charge is 0.331 e. The molecule has 0 saturated heterocycles. The number of nitrogens with one attached hydrogen (secondary N) is 2. The Balaban J connectivity index is 0.00000169. The molecule has 0 aromatic carbocycles. The van der Waals surface area contributed by atoms with E-state index in [0.29, 0.717) is 5.06 Å². The fourth-order valence-electron chi connectivity index (χ4n) is 0.637. The van der Waals surface area contributed by atoms with Gasteiger partial charge in [0.1, 0.15) is 6.54 Å². The minimum Gasteiger partial charge on any atom is -0.414 e. The largest absolute Gasteiger partial charge is 0.414 e. The van der Waals surface area contributed by atoms with E-state index in [2.05, 4.69) is 5.32 Å². The van der Waals surface area contributed by atoms with Gasteiger partial charge in [0.2, 0.25) is 0 Å². The SMILES string of the molecule is N.N=C(N)NCC(=O)Oc1cccs1.